The first-order valence-electron chi connectivity index (χ1n) is 12.6. The summed E-state index contributed by atoms with van der Waals surface area (Å²) in [5, 5.41) is 22.4. The first-order chi connectivity index (χ1) is 18.3. The molecule has 10 heteroatoms. The monoisotopic (exact) mass is 514 g/mol. The summed E-state index contributed by atoms with van der Waals surface area (Å²) < 4.78 is 18.9. The van der Waals surface area contributed by atoms with Crippen LogP contribution in [0.2, 0.25) is 0 Å². The predicted molar refractivity (Wildman–Crippen MR) is 137 cm³/mol. The first-order valence-corrected chi connectivity index (χ1v) is 12.6. The second kappa shape index (κ2) is 9.20. The van der Waals surface area contributed by atoms with Gasteiger partial charge in [-0.3, -0.25) is 9.48 Å². The minimum Gasteiger partial charge on any atom is -0.478 e. The van der Waals surface area contributed by atoms with Gasteiger partial charge in [-0.2, -0.15) is 5.10 Å². The van der Waals surface area contributed by atoms with Crippen LogP contribution in [0.3, 0.4) is 0 Å². The number of halogens is 1. The summed E-state index contributed by atoms with van der Waals surface area (Å²) in [4.78, 5) is 26.6. The number of carboxylic acids is 1. The fourth-order valence-corrected chi connectivity index (χ4v) is 5.15. The van der Waals surface area contributed by atoms with Crippen LogP contribution in [0.25, 0.3) is 16.8 Å². The normalized spacial score (nSPS) is 18.4. The predicted octanol–water partition coefficient (Wildman–Crippen LogP) is 4.26. The Kier molecular flexibility index (Phi) is 5.81. The van der Waals surface area contributed by atoms with Gasteiger partial charge in [0.15, 0.2) is 0 Å². The molecule has 6 rings (SSSR count). The number of benzene rings is 2. The number of carboxylic acid groups (broad SMARTS) is 1. The van der Waals surface area contributed by atoms with Crippen molar-refractivity contribution in [1.82, 2.24) is 29.7 Å². The minimum atomic E-state index is -1.06. The molecule has 9 nitrogen and oxygen atoms in total. The van der Waals surface area contributed by atoms with Gasteiger partial charge in [0.2, 0.25) is 0 Å². The van der Waals surface area contributed by atoms with Gasteiger partial charge in [0, 0.05) is 44.2 Å². The van der Waals surface area contributed by atoms with E-state index in [1.54, 1.807) is 58.7 Å². The average molecular weight is 515 g/mol. The fourth-order valence-electron chi connectivity index (χ4n) is 5.15. The lowest BCUT2D eigenvalue weighted by molar-refractivity contribution is 0.0694. The van der Waals surface area contributed by atoms with E-state index in [9.17, 15) is 14.7 Å². The molecule has 2 atom stereocenters. The summed E-state index contributed by atoms with van der Waals surface area (Å²) in [7, 11) is 3.50. The molecule has 2 fully saturated rings. The van der Waals surface area contributed by atoms with Crippen molar-refractivity contribution in [3.8, 4) is 16.8 Å². The number of aromatic nitrogens is 5. The summed E-state index contributed by atoms with van der Waals surface area (Å²) in [6.07, 6.45) is 6.13. The van der Waals surface area contributed by atoms with Crippen molar-refractivity contribution in [2.45, 2.75) is 31.1 Å². The number of hydrogen-bond acceptors (Lipinski definition) is 5. The third-order valence-corrected chi connectivity index (χ3v) is 7.39. The van der Waals surface area contributed by atoms with Crippen molar-refractivity contribution in [2.24, 2.45) is 13.0 Å². The van der Waals surface area contributed by atoms with E-state index in [2.05, 4.69) is 15.4 Å². The highest BCUT2D eigenvalue weighted by molar-refractivity contribution is 5.96. The van der Waals surface area contributed by atoms with Crippen LogP contribution in [0.5, 0.6) is 0 Å². The first kappa shape index (κ1) is 24.0. The molecular weight excluding hydrogens is 487 g/mol. The van der Waals surface area contributed by atoms with E-state index in [4.69, 9.17) is 0 Å². The molecule has 2 aliphatic carbocycles. The van der Waals surface area contributed by atoms with E-state index >= 15 is 4.39 Å². The van der Waals surface area contributed by atoms with Crippen molar-refractivity contribution >= 4 is 11.9 Å². The third kappa shape index (κ3) is 4.36. The van der Waals surface area contributed by atoms with Crippen LogP contribution < -0.4 is 0 Å². The van der Waals surface area contributed by atoms with Crippen LogP contribution in [0.15, 0.2) is 54.9 Å². The zero-order valence-corrected chi connectivity index (χ0v) is 21.1. The molecule has 0 saturated heterocycles. The molecular formula is C28H27FN6O3. The molecule has 0 aliphatic heterocycles. The van der Waals surface area contributed by atoms with Crippen LogP contribution in [0.4, 0.5) is 4.39 Å². The van der Waals surface area contributed by atoms with E-state index < -0.39 is 11.8 Å². The Morgan fingerprint density at radius 3 is 2.63 bits per heavy atom. The number of rotatable bonds is 8. The molecule has 2 saturated carbocycles. The summed E-state index contributed by atoms with van der Waals surface area (Å²) in [6.45, 7) is 0.628. The van der Waals surface area contributed by atoms with Gasteiger partial charge in [0.1, 0.15) is 11.4 Å². The fraction of sp³-hybridized carbons (Fsp3) is 0.321. The van der Waals surface area contributed by atoms with E-state index in [1.165, 1.54) is 12.3 Å². The van der Waals surface area contributed by atoms with E-state index in [0.717, 1.165) is 25.0 Å². The minimum absolute atomic E-state index is 0.0359. The molecule has 0 radical (unpaired) electrons. The standard InChI is InChI=1S/C28H27FN6O3/c1-33(14-16-9-10-16)27(36)20-8-4-7-19(25(20)29)17-5-3-6-18(11-17)35-26(23(13-30-35)28(37)38)22-12-21(22)24-15-34(2)32-31-24/h3-8,11,13,15-16,21-22H,9-10,12,14H2,1-2H3,(H,37,38)/t21-,22?/m1/s1. The molecule has 1 amide bonds. The van der Waals surface area contributed by atoms with Gasteiger partial charge < -0.3 is 10.0 Å². The van der Waals surface area contributed by atoms with Gasteiger partial charge in [0.25, 0.3) is 5.91 Å². The highest BCUT2D eigenvalue weighted by Gasteiger charge is 2.46. The highest BCUT2D eigenvalue weighted by Crippen LogP contribution is 2.55. The summed E-state index contributed by atoms with van der Waals surface area (Å²) in [5.41, 5.74) is 3.03. The number of amides is 1. The Hall–Kier alpha value is -4.34. The molecule has 2 heterocycles. The van der Waals surface area contributed by atoms with E-state index in [0.29, 0.717) is 35.0 Å². The molecule has 2 aromatic heterocycles. The van der Waals surface area contributed by atoms with Crippen LogP contribution in [0, 0.1) is 11.7 Å². The van der Waals surface area contributed by atoms with Crippen molar-refractivity contribution in [3.05, 3.63) is 83.2 Å². The van der Waals surface area contributed by atoms with Gasteiger partial charge in [-0.1, -0.05) is 29.5 Å². The van der Waals surface area contributed by atoms with Gasteiger partial charge in [-0.15, -0.1) is 5.10 Å². The maximum Gasteiger partial charge on any atom is 0.339 e. The topological polar surface area (TPSA) is 106 Å². The van der Waals surface area contributed by atoms with E-state index in [-0.39, 0.29) is 28.9 Å². The second-order valence-corrected chi connectivity index (χ2v) is 10.3. The smallest absolute Gasteiger partial charge is 0.339 e. The molecule has 2 aromatic carbocycles. The molecule has 0 bridgehead atoms. The number of hydrogen-bond donors (Lipinski definition) is 1. The quantitative estimate of drug-likeness (QED) is 0.377. The lowest BCUT2D eigenvalue weighted by atomic mass is 10.0. The van der Waals surface area contributed by atoms with E-state index in [1.807, 2.05) is 12.3 Å². The average Bonchev–Trinajstić information content (AvgIpc) is 3.80. The SMILES string of the molecule is CN(CC1CC1)C(=O)c1cccc(-c2cccc(-n3ncc(C(=O)O)c3C3C[C@H]3c3cn(C)nn3)c2)c1F. The lowest BCUT2D eigenvalue weighted by Crippen LogP contribution is -2.29. The van der Waals surface area contributed by atoms with Gasteiger partial charge in [-0.25, -0.2) is 13.9 Å². The number of carbonyl (C=O) groups is 2. The van der Waals surface area contributed by atoms with Crippen molar-refractivity contribution in [1.29, 1.82) is 0 Å². The summed E-state index contributed by atoms with van der Waals surface area (Å²) in [6, 6.07) is 12.0. The second-order valence-electron chi connectivity index (χ2n) is 10.3. The molecule has 38 heavy (non-hydrogen) atoms. The number of carbonyl (C=O) groups excluding carboxylic acids is 1. The molecule has 0 spiro atoms. The number of aromatic carboxylic acids is 1. The summed E-state index contributed by atoms with van der Waals surface area (Å²) >= 11 is 0. The van der Waals surface area contributed by atoms with Crippen LogP contribution >= 0.6 is 0 Å². The van der Waals surface area contributed by atoms with Crippen LogP contribution in [-0.2, 0) is 7.05 Å². The lowest BCUT2D eigenvalue weighted by Gasteiger charge is -2.18. The molecule has 194 valence electrons. The third-order valence-electron chi connectivity index (χ3n) is 7.39. The molecule has 1 N–H and O–H groups in total. The van der Waals surface area contributed by atoms with Gasteiger partial charge in [0.05, 0.1) is 28.8 Å². The summed E-state index contributed by atoms with van der Waals surface area (Å²) in [5.74, 6) is -1.49. The molecule has 4 aromatic rings. The van der Waals surface area contributed by atoms with Crippen LogP contribution in [0.1, 0.15) is 63.2 Å². The molecule has 2 aliphatic rings. The zero-order valence-electron chi connectivity index (χ0n) is 21.1. The maximum atomic E-state index is 15.7. The Labute approximate surface area is 218 Å². The Morgan fingerprint density at radius 2 is 1.92 bits per heavy atom. The Bertz CT molecular complexity index is 1560. The maximum absolute atomic E-state index is 15.7. The van der Waals surface area contributed by atoms with Crippen molar-refractivity contribution < 1.29 is 19.1 Å². The van der Waals surface area contributed by atoms with Crippen molar-refractivity contribution in [2.75, 3.05) is 13.6 Å². The Morgan fingerprint density at radius 1 is 1.13 bits per heavy atom. The largest absolute Gasteiger partial charge is 0.478 e. The molecule has 1 unspecified atom stereocenters. The Balaban J connectivity index is 1.34. The number of aryl methyl sites for hydroxylation is 1. The zero-order chi connectivity index (χ0) is 26.6. The van der Waals surface area contributed by atoms with Gasteiger partial charge in [-0.05, 0) is 48.9 Å². The van der Waals surface area contributed by atoms with Crippen LogP contribution in [-0.4, -0.2) is 60.2 Å². The highest BCUT2D eigenvalue weighted by atomic mass is 19.1. The van der Waals surface area contributed by atoms with Gasteiger partial charge >= 0.3 is 5.97 Å². The van der Waals surface area contributed by atoms with Crippen molar-refractivity contribution in [3.63, 3.8) is 0 Å². The number of nitrogens with zero attached hydrogens (tertiary/aromatic N) is 6.